The zero-order valence-corrected chi connectivity index (χ0v) is 12.2. The lowest BCUT2D eigenvalue weighted by atomic mass is 10.2. The Bertz CT molecular complexity index is 751. The van der Waals surface area contributed by atoms with E-state index in [2.05, 4.69) is 20.6 Å². The summed E-state index contributed by atoms with van der Waals surface area (Å²) in [5.41, 5.74) is -0.318. The largest absolute Gasteiger partial charge is 0.416 e. The molecule has 116 valence electrons. The molecule has 3 rings (SSSR count). The first-order valence-corrected chi connectivity index (χ1v) is 7.40. The molecule has 0 saturated heterocycles. The van der Waals surface area contributed by atoms with E-state index in [1.165, 1.54) is 17.4 Å². The number of anilines is 1. The van der Waals surface area contributed by atoms with Crippen molar-refractivity contribution in [3.63, 3.8) is 0 Å². The number of halogens is 3. The lowest BCUT2D eigenvalue weighted by Gasteiger charge is -2.04. The minimum absolute atomic E-state index is 0.360. The Balaban J connectivity index is 1.62. The van der Waals surface area contributed by atoms with Crippen LogP contribution in [-0.2, 0) is 12.7 Å². The highest BCUT2D eigenvalue weighted by molar-refractivity contribution is 7.22. The molecule has 1 N–H and O–H groups in total. The number of rotatable bonds is 5. The molecule has 1 aromatic carbocycles. The van der Waals surface area contributed by atoms with Crippen molar-refractivity contribution in [2.75, 3.05) is 11.9 Å². The Hall–Kier alpha value is -2.16. The van der Waals surface area contributed by atoms with Gasteiger partial charge in [-0.3, -0.25) is 4.68 Å². The number of nitrogens with zero attached hydrogens (tertiary/aromatic N) is 4. The topological polar surface area (TPSA) is 55.6 Å². The second-order valence-corrected chi connectivity index (χ2v) is 5.68. The van der Waals surface area contributed by atoms with Crippen LogP contribution < -0.4 is 5.32 Å². The quantitative estimate of drug-likeness (QED) is 0.730. The van der Waals surface area contributed by atoms with Crippen LogP contribution in [0.5, 0.6) is 0 Å². The first kappa shape index (κ1) is 14.8. The lowest BCUT2D eigenvalue weighted by molar-refractivity contribution is -0.137. The molecule has 2 aromatic heterocycles. The van der Waals surface area contributed by atoms with Gasteiger partial charge in [-0.2, -0.15) is 13.2 Å². The minimum atomic E-state index is -4.34. The van der Waals surface area contributed by atoms with Crippen LogP contribution in [0.1, 0.15) is 12.0 Å². The van der Waals surface area contributed by atoms with Gasteiger partial charge < -0.3 is 5.32 Å². The molecule has 22 heavy (non-hydrogen) atoms. The third-order valence-electron chi connectivity index (χ3n) is 3.03. The van der Waals surface area contributed by atoms with Gasteiger partial charge in [-0.05, 0) is 24.6 Å². The number of benzene rings is 1. The highest BCUT2D eigenvalue weighted by Gasteiger charge is 2.30. The number of aryl methyl sites for hydroxylation is 1. The molecule has 0 bridgehead atoms. The van der Waals surface area contributed by atoms with Crippen LogP contribution in [0.4, 0.5) is 18.3 Å². The molecule has 0 atom stereocenters. The zero-order valence-electron chi connectivity index (χ0n) is 11.3. The maximum atomic E-state index is 12.7. The van der Waals surface area contributed by atoms with Crippen molar-refractivity contribution >= 4 is 26.7 Å². The van der Waals surface area contributed by atoms with E-state index in [4.69, 9.17) is 0 Å². The lowest BCUT2D eigenvalue weighted by Crippen LogP contribution is -2.07. The molecule has 3 aromatic rings. The average Bonchev–Trinajstić information content (AvgIpc) is 3.10. The molecule has 9 heteroatoms. The summed E-state index contributed by atoms with van der Waals surface area (Å²) in [6.45, 7) is 1.38. The fourth-order valence-electron chi connectivity index (χ4n) is 1.97. The summed E-state index contributed by atoms with van der Waals surface area (Å²) in [6, 6.07) is 3.61. The van der Waals surface area contributed by atoms with Gasteiger partial charge in [0.15, 0.2) is 5.13 Å². The predicted octanol–water partition coefficient (Wildman–Crippen LogP) is 3.41. The second kappa shape index (κ2) is 5.91. The monoisotopic (exact) mass is 327 g/mol. The van der Waals surface area contributed by atoms with Crippen molar-refractivity contribution < 1.29 is 13.2 Å². The van der Waals surface area contributed by atoms with E-state index in [0.29, 0.717) is 17.2 Å². The van der Waals surface area contributed by atoms with Gasteiger partial charge in [-0.1, -0.05) is 16.6 Å². The number of fused-ring (bicyclic) bond motifs is 1. The number of nitrogens with one attached hydrogen (secondary N) is 1. The van der Waals surface area contributed by atoms with Crippen LogP contribution in [0.3, 0.4) is 0 Å². The highest BCUT2D eigenvalue weighted by Crippen LogP contribution is 2.33. The third-order valence-corrected chi connectivity index (χ3v) is 4.02. The van der Waals surface area contributed by atoms with E-state index in [1.807, 2.05) is 0 Å². The molecule has 0 radical (unpaired) electrons. The molecule has 0 saturated carbocycles. The van der Waals surface area contributed by atoms with Gasteiger partial charge in [0.05, 0.1) is 22.0 Å². The van der Waals surface area contributed by atoms with Crippen LogP contribution >= 0.6 is 11.3 Å². The summed E-state index contributed by atoms with van der Waals surface area (Å²) in [6.07, 6.45) is -0.147. The Kier molecular flexibility index (Phi) is 3.97. The van der Waals surface area contributed by atoms with E-state index in [9.17, 15) is 13.2 Å². The van der Waals surface area contributed by atoms with Crippen molar-refractivity contribution in [2.45, 2.75) is 19.1 Å². The van der Waals surface area contributed by atoms with Gasteiger partial charge >= 0.3 is 6.18 Å². The minimum Gasteiger partial charge on any atom is -0.361 e. The van der Waals surface area contributed by atoms with Crippen LogP contribution in [0, 0.1) is 0 Å². The summed E-state index contributed by atoms with van der Waals surface area (Å²) >= 11 is 1.34. The Labute approximate surface area is 127 Å². The van der Waals surface area contributed by atoms with Crippen molar-refractivity contribution in [3.05, 3.63) is 36.2 Å². The summed E-state index contributed by atoms with van der Waals surface area (Å²) in [7, 11) is 0. The molecular formula is C13H12F3N5S. The zero-order chi connectivity index (χ0) is 15.6. The maximum Gasteiger partial charge on any atom is 0.416 e. The second-order valence-electron chi connectivity index (χ2n) is 4.65. The van der Waals surface area contributed by atoms with Gasteiger partial charge in [0.25, 0.3) is 0 Å². The number of aromatic nitrogens is 4. The Morgan fingerprint density at radius 3 is 2.86 bits per heavy atom. The van der Waals surface area contributed by atoms with Gasteiger partial charge in [-0.15, -0.1) is 5.10 Å². The average molecular weight is 327 g/mol. The summed E-state index contributed by atoms with van der Waals surface area (Å²) in [4.78, 5) is 4.19. The third kappa shape index (κ3) is 3.35. The molecular weight excluding hydrogens is 315 g/mol. The molecule has 0 fully saturated rings. The van der Waals surface area contributed by atoms with E-state index in [-0.39, 0.29) is 0 Å². The molecule has 0 unspecified atom stereocenters. The maximum absolute atomic E-state index is 12.7. The fourth-order valence-corrected chi connectivity index (χ4v) is 2.84. The fraction of sp³-hybridized carbons (Fsp3) is 0.308. The van der Waals surface area contributed by atoms with Crippen LogP contribution in [0.25, 0.3) is 10.2 Å². The predicted molar refractivity (Wildman–Crippen MR) is 77.8 cm³/mol. The van der Waals surface area contributed by atoms with Crippen LogP contribution in [0.15, 0.2) is 30.6 Å². The smallest absolute Gasteiger partial charge is 0.361 e. The summed E-state index contributed by atoms with van der Waals surface area (Å²) < 4.78 is 40.4. The molecule has 5 nitrogen and oxygen atoms in total. The highest BCUT2D eigenvalue weighted by atomic mass is 32.1. The normalized spacial score (nSPS) is 12.0. The van der Waals surface area contributed by atoms with Gasteiger partial charge in [0, 0.05) is 19.3 Å². The number of hydrogen-bond donors (Lipinski definition) is 1. The Morgan fingerprint density at radius 2 is 2.14 bits per heavy atom. The summed E-state index contributed by atoms with van der Waals surface area (Å²) in [5.74, 6) is 0. The van der Waals surface area contributed by atoms with Crippen LogP contribution in [-0.4, -0.2) is 26.5 Å². The molecule has 0 amide bonds. The molecule has 0 aliphatic rings. The SMILES string of the molecule is FC(F)(F)c1ccc2sc(NCCCn3ccnn3)nc2c1. The standard InChI is InChI=1S/C13H12F3N5S/c14-13(15,16)9-2-3-11-10(8-9)19-12(22-11)17-4-1-6-21-7-5-18-20-21/h2-3,5,7-8H,1,4,6H2,(H,17,19). The van der Waals surface area contributed by atoms with E-state index < -0.39 is 11.7 Å². The first-order chi connectivity index (χ1) is 10.5. The van der Waals surface area contributed by atoms with E-state index >= 15 is 0 Å². The van der Waals surface area contributed by atoms with E-state index in [0.717, 1.165) is 29.8 Å². The molecule has 0 aliphatic carbocycles. The molecule has 2 heterocycles. The number of thiazole rings is 1. The van der Waals surface area contributed by atoms with Crippen molar-refractivity contribution in [3.8, 4) is 0 Å². The van der Waals surface area contributed by atoms with Crippen molar-refractivity contribution in [1.82, 2.24) is 20.0 Å². The van der Waals surface area contributed by atoms with E-state index in [1.54, 1.807) is 17.1 Å². The van der Waals surface area contributed by atoms with Crippen LogP contribution in [0.2, 0.25) is 0 Å². The molecule has 0 aliphatic heterocycles. The Morgan fingerprint density at radius 1 is 1.27 bits per heavy atom. The van der Waals surface area contributed by atoms with Gasteiger partial charge in [-0.25, -0.2) is 4.98 Å². The van der Waals surface area contributed by atoms with Gasteiger partial charge in [0.1, 0.15) is 0 Å². The number of hydrogen-bond acceptors (Lipinski definition) is 5. The summed E-state index contributed by atoms with van der Waals surface area (Å²) in [5, 5.41) is 11.3. The van der Waals surface area contributed by atoms with Gasteiger partial charge in [0.2, 0.25) is 0 Å². The van der Waals surface area contributed by atoms with Crippen molar-refractivity contribution in [1.29, 1.82) is 0 Å². The number of alkyl halides is 3. The first-order valence-electron chi connectivity index (χ1n) is 6.58. The molecule has 0 spiro atoms. The van der Waals surface area contributed by atoms with Crippen molar-refractivity contribution in [2.24, 2.45) is 0 Å².